The predicted octanol–water partition coefficient (Wildman–Crippen LogP) is 5.10. The number of halogens is 3. The van der Waals surface area contributed by atoms with E-state index in [-0.39, 0.29) is 0 Å². The molecule has 1 heterocycles. The van der Waals surface area contributed by atoms with Crippen molar-refractivity contribution in [3.63, 3.8) is 0 Å². The first-order valence-corrected chi connectivity index (χ1v) is 8.71. The summed E-state index contributed by atoms with van der Waals surface area (Å²) < 4.78 is 1.70. The molecule has 0 unspecified atom stereocenters. The lowest BCUT2D eigenvalue weighted by molar-refractivity contribution is 0.687. The standard InChI is InChI=1S/C16H12Cl3N5S/c17-11-3-1-10(2-4-11)8-24-9-20-15(23-24)22-16(25)21-14-6-5-12(18)7-13(14)19/h1-7,9H,8H2,(H2,21,22,23,25). The molecule has 2 aromatic carbocycles. The van der Waals surface area contributed by atoms with E-state index in [4.69, 9.17) is 47.0 Å². The minimum absolute atomic E-state index is 0.327. The number of nitrogens with zero attached hydrogens (tertiary/aromatic N) is 3. The van der Waals surface area contributed by atoms with Gasteiger partial charge in [0.1, 0.15) is 6.33 Å². The van der Waals surface area contributed by atoms with Crippen LogP contribution in [0.15, 0.2) is 48.8 Å². The Kier molecular flexibility index (Phi) is 5.75. The van der Waals surface area contributed by atoms with Gasteiger partial charge in [-0.05, 0) is 48.1 Å². The largest absolute Gasteiger partial charge is 0.331 e. The van der Waals surface area contributed by atoms with E-state index in [1.54, 1.807) is 29.2 Å². The van der Waals surface area contributed by atoms with Crippen molar-refractivity contribution in [2.24, 2.45) is 0 Å². The van der Waals surface area contributed by atoms with Crippen molar-refractivity contribution in [2.75, 3.05) is 10.6 Å². The minimum atomic E-state index is 0.327. The second-order valence-electron chi connectivity index (χ2n) is 5.10. The Hall–Kier alpha value is -1.86. The molecular weight excluding hydrogens is 401 g/mol. The summed E-state index contributed by atoms with van der Waals surface area (Å²) in [5.74, 6) is 0.386. The molecule has 0 spiro atoms. The van der Waals surface area contributed by atoms with Gasteiger partial charge in [0.05, 0.1) is 17.3 Å². The highest BCUT2D eigenvalue weighted by Gasteiger charge is 2.07. The zero-order valence-corrected chi connectivity index (χ0v) is 15.8. The molecular formula is C16H12Cl3N5S. The Balaban J connectivity index is 1.60. The maximum atomic E-state index is 6.10. The van der Waals surface area contributed by atoms with E-state index in [2.05, 4.69) is 20.7 Å². The van der Waals surface area contributed by atoms with Gasteiger partial charge in [-0.15, -0.1) is 5.10 Å². The molecule has 0 amide bonds. The van der Waals surface area contributed by atoms with Crippen molar-refractivity contribution in [1.82, 2.24) is 14.8 Å². The first-order valence-electron chi connectivity index (χ1n) is 7.16. The van der Waals surface area contributed by atoms with Gasteiger partial charge in [-0.25, -0.2) is 9.67 Å². The fourth-order valence-corrected chi connectivity index (χ4v) is 2.83. The average molecular weight is 413 g/mol. The molecule has 0 atom stereocenters. The number of hydrogen-bond donors (Lipinski definition) is 2. The van der Waals surface area contributed by atoms with Crippen molar-refractivity contribution in [3.05, 3.63) is 69.4 Å². The van der Waals surface area contributed by atoms with Crippen LogP contribution in [0, 0.1) is 0 Å². The fourth-order valence-electron chi connectivity index (χ4n) is 2.05. The van der Waals surface area contributed by atoms with Crippen molar-refractivity contribution in [3.8, 4) is 0 Å². The molecule has 0 aliphatic heterocycles. The zero-order valence-electron chi connectivity index (χ0n) is 12.7. The normalized spacial score (nSPS) is 10.5. The summed E-state index contributed by atoms with van der Waals surface area (Å²) >= 11 is 23.1. The van der Waals surface area contributed by atoms with Gasteiger partial charge in [0, 0.05) is 10.0 Å². The topological polar surface area (TPSA) is 54.8 Å². The van der Waals surface area contributed by atoms with Gasteiger partial charge < -0.3 is 5.32 Å². The van der Waals surface area contributed by atoms with Gasteiger partial charge in [0.25, 0.3) is 0 Å². The lowest BCUT2D eigenvalue weighted by Gasteiger charge is -2.09. The van der Waals surface area contributed by atoms with Crippen molar-refractivity contribution in [2.45, 2.75) is 6.54 Å². The van der Waals surface area contributed by atoms with Gasteiger partial charge in [-0.3, -0.25) is 5.32 Å². The highest BCUT2D eigenvalue weighted by Crippen LogP contribution is 2.25. The molecule has 0 aliphatic carbocycles. The van der Waals surface area contributed by atoms with Crippen molar-refractivity contribution in [1.29, 1.82) is 0 Å². The SMILES string of the molecule is S=C(Nc1ncn(Cc2ccc(Cl)cc2)n1)Nc1ccc(Cl)cc1Cl. The fraction of sp³-hybridized carbons (Fsp3) is 0.0625. The average Bonchev–Trinajstić information content (AvgIpc) is 2.99. The molecule has 0 radical (unpaired) electrons. The number of aromatic nitrogens is 3. The van der Waals surface area contributed by atoms with Crippen LogP contribution in [0.2, 0.25) is 15.1 Å². The van der Waals surface area contributed by atoms with Crippen LogP contribution < -0.4 is 10.6 Å². The molecule has 2 N–H and O–H groups in total. The third-order valence-electron chi connectivity index (χ3n) is 3.20. The first kappa shape index (κ1) is 17.9. The summed E-state index contributed by atoms with van der Waals surface area (Å²) in [7, 11) is 0. The quantitative estimate of drug-likeness (QED) is 0.584. The van der Waals surface area contributed by atoms with E-state index in [9.17, 15) is 0 Å². The van der Waals surface area contributed by atoms with Crippen LogP contribution in [0.3, 0.4) is 0 Å². The second-order valence-corrected chi connectivity index (χ2v) is 6.78. The number of thiocarbonyl (C=S) groups is 1. The first-order chi connectivity index (χ1) is 12.0. The van der Waals surface area contributed by atoms with Crippen LogP contribution in [0.4, 0.5) is 11.6 Å². The Morgan fingerprint density at radius 1 is 1.00 bits per heavy atom. The molecule has 9 heteroatoms. The molecule has 0 bridgehead atoms. The van der Waals surface area contributed by atoms with Crippen LogP contribution >= 0.6 is 47.0 Å². The smallest absolute Gasteiger partial charge is 0.248 e. The summed E-state index contributed by atoms with van der Waals surface area (Å²) in [5.41, 5.74) is 1.71. The maximum absolute atomic E-state index is 6.10. The molecule has 25 heavy (non-hydrogen) atoms. The summed E-state index contributed by atoms with van der Waals surface area (Å²) in [6, 6.07) is 12.6. The number of benzene rings is 2. The van der Waals surface area contributed by atoms with Gasteiger partial charge in [0.2, 0.25) is 5.95 Å². The Labute approximate surface area is 164 Å². The zero-order chi connectivity index (χ0) is 17.8. The molecule has 0 aliphatic rings. The Morgan fingerprint density at radius 2 is 1.72 bits per heavy atom. The van der Waals surface area contributed by atoms with Crippen LogP contribution in [-0.4, -0.2) is 19.9 Å². The molecule has 5 nitrogen and oxygen atoms in total. The summed E-state index contributed by atoms with van der Waals surface area (Å²) in [6.07, 6.45) is 1.62. The van der Waals surface area contributed by atoms with Crippen LogP contribution in [0.1, 0.15) is 5.56 Å². The highest BCUT2D eigenvalue weighted by atomic mass is 35.5. The third-order valence-corrected chi connectivity index (χ3v) is 4.20. The van der Waals surface area contributed by atoms with Gasteiger partial charge in [-0.2, -0.15) is 0 Å². The highest BCUT2D eigenvalue weighted by molar-refractivity contribution is 7.80. The summed E-state index contributed by atoms with van der Waals surface area (Å²) in [5, 5.41) is 12.3. The van der Waals surface area contributed by atoms with Gasteiger partial charge in [-0.1, -0.05) is 46.9 Å². The van der Waals surface area contributed by atoms with Crippen LogP contribution in [0.25, 0.3) is 0 Å². The summed E-state index contributed by atoms with van der Waals surface area (Å²) in [6.45, 7) is 0.578. The van der Waals surface area contributed by atoms with Crippen LogP contribution in [0.5, 0.6) is 0 Å². The lowest BCUT2D eigenvalue weighted by atomic mass is 10.2. The lowest BCUT2D eigenvalue weighted by Crippen LogP contribution is -2.20. The van der Waals surface area contributed by atoms with E-state index < -0.39 is 0 Å². The van der Waals surface area contributed by atoms with E-state index in [1.807, 2.05) is 24.3 Å². The predicted molar refractivity (Wildman–Crippen MR) is 107 cm³/mol. The molecule has 128 valence electrons. The Bertz CT molecular complexity index is 895. The molecule has 1 aromatic heterocycles. The minimum Gasteiger partial charge on any atom is -0.331 e. The van der Waals surface area contributed by atoms with Gasteiger partial charge >= 0.3 is 0 Å². The molecule has 3 rings (SSSR count). The second kappa shape index (κ2) is 8.01. The Morgan fingerprint density at radius 3 is 2.44 bits per heavy atom. The number of rotatable bonds is 4. The maximum Gasteiger partial charge on any atom is 0.248 e. The van der Waals surface area contributed by atoms with E-state index in [0.717, 1.165) is 5.56 Å². The third kappa shape index (κ3) is 5.06. The number of anilines is 2. The van der Waals surface area contributed by atoms with Crippen molar-refractivity contribution < 1.29 is 0 Å². The monoisotopic (exact) mass is 411 g/mol. The molecule has 3 aromatic rings. The van der Waals surface area contributed by atoms with Gasteiger partial charge in [0.15, 0.2) is 5.11 Å². The molecule has 0 fully saturated rings. The van der Waals surface area contributed by atoms with Crippen LogP contribution in [-0.2, 0) is 6.54 Å². The molecule has 0 saturated heterocycles. The number of nitrogens with one attached hydrogen (secondary N) is 2. The van der Waals surface area contributed by atoms with E-state index in [1.165, 1.54) is 0 Å². The number of hydrogen-bond acceptors (Lipinski definition) is 3. The summed E-state index contributed by atoms with van der Waals surface area (Å²) in [4.78, 5) is 4.18. The van der Waals surface area contributed by atoms with E-state index in [0.29, 0.717) is 38.4 Å². The van der Waals surface area contributed by atoms with Crippen molar-refractivity contribution >= 4 is 63.8 Å². The van der Waals surface area contributed by atoms with E-state index >= 15 is 0 Å². The molecule has 0 saturated carbocycles.